The molecule has 0 atom stereocenters. The van der Waals surface area contributed by atoms with Gasteiger partial charge in [-0.15, -0.1) is 0 Å². The van der Waals surface area contributed by atoms with Crippen LogP contribution < -0.4 is 9.47 Å². The molecule has 3 heteroatoms. The Hall–Kier alpha value is -1.77. The molecule has 0 N–H and O–H groups in total. The van der Waals surface area contributed by atoms with Crippen LogP contribution in [0.2, 0.25) is 0 Å². The number of fused-ring (bicyclic) bond motifs is 1. The lowest BCUT2D eigenvalue weighted by molar-refractivity contribution is 0.356. The van der Waals surface area contributed by atoms with Crippen LogP contribution in [0.4, 0.5) is 0 Å². The normalized spacial score (nSPS) is 15.9. The van der Waals surface area contributed by atoms with Gasteiger partial charge >= 0.3 is 0 Å². The van der Waals surface area contributed by atoms with Gasteiger partial charge in [0.15, 0.2) is 11.5 Å². The number of nitrogens with zero attached hydrogens (tertiary/aromatic N) is 1. The molecule has 0 aliphatic heterocycles. The largest absolute Gasteiger partial charge is 0.493 e. The molecule has 3 rings (SSSR count). The minimum atomic E-state index is 0.696. The summed E-state index contributed by atoms with van der Waals surface area (Å²) in [6, 6.07) is 7.91. The number of rotatable bonds is 3. The Kier molecular flexibility index (Phi) is 3.28. The quantitative estimate of drug-likeness (QED) is 0.841. The van der Waals surface area contributed by atoms with Crippen LogP contribution in [0, 0.1) is 31.6 Å². The van der Waals surface area contributed by atoms with E-state index >= 15 is 0 Å². The van der Waals surface area contributed by atoms with Gasteiger partial charge in [-0.25, -0.2) is 0 Å². The summed E-state index contributed by atoms with van der Waals surface area (Å²) in [6.45, 7) is 0. The van der Waals surface area contributed by atoms with Crippen LogP contribution in [0.25, 0.3) is 10.9 Å². The van der Waals surface area contributed by atoms with Crippen molar-refractivity contribution < 1.29 is 9.47 Å². The molecule has 1 fully saturated rings. The standard InChI is InChI=1S/C16H14NO2/c1-18-15-9-12-7-8-13(11-5-3-4-6-11)17-14(12)10-16(15)19-2/h3-10H,1-2H3. The molecule has 19 heavy (non-hydrogen) atoms. The van der Waals surface area contributed by atoms with Gasteiger partial charge in [-0.1, -0.05) is 6.07 Å². The van der Waals surface area contributed by atoms with Gasteiger partial charge in [0.25, 0.3) is 0 Å². The molecule has 1 aromatic heterocycles. The van der Waals surface area contributed by atoms with Gasteiger partial charge in [0.05, 0.1) is 19.7 Å². The van der Waals surface area contributed by atoms with Crippen LogP contribution in [0.1, 0.15) is 5.69 Å². The third-order valence-corrected chi connectivity index (χ3v) is 3.15. The Bertz CT molecular complexity index is 589. The molecule has 0 spiro atoms. The van der Waals surface area contributed by atoms with Crippen molar-refractivity contribution in [2.24, 2.45) is 0 Å². The lowest BCUT2D eigenvalue weighted by Crippen LogP contribution is -1.99. The zero-order valence-corrected chi connectivity index (χ0v) is 10.9. The van der Waals surface area contributed by atoms with E-state index in [4.69, 9.17) is 9.47 Å². The lowest BCUT2D eigenvalue weighted by Gasteiger charge is -2.11. The second-order valence-corrected chi connectivity index (χ2v) is 4.27. The molecule has 1 saturated carbocycles. The third-order valence-electron chi connectivity index (χ3n) is 3.15. The zero-order valence-electron chi connectivity index (χ0n) is 10.9. The molecule has 1 aromatic carbocycles. The van der Waals surface area contributed by atoms with Crippen molar-refractivity contribution in [3.05, 3.63) is 61.6 Å². The highest BCUT2D eigenvalue weighted by Gasteiger charge is 2.20. The lowest BCUT2D eigenvalue weighted by atomic mass is 10.0. The molecular formula is C16H14NO2. The first-order chi connectivity index (χ1) is 9.31. The topological polar surface area (TPSA) is 31.4 Å². The van der Waals surface area contributed by atoms with Gasteiger partial charge in [-0.05, 0) is 37.8 Å². The van der Waals surface area contributed by atoms with Crippen LogP contribution in [0.5, 0.6) is 11.5 Å². The molecule has 1 heterocycles. The average molecular weight is 252 g/mol. The summed E-state index contributed by atoms with van der Waals surface area (Å²) >= 11 is 0. The second-order valence-electron chi connectivity index (χ2n) is 4.27. The smallest absolute Gasteiger partial charge is 0.162 e. The van der Waals surface area contributed by atoms with E-state index in [9.17, 15) is 0 Å². The minimum Gasteiger partial charge on any atom is -0.493 e. The van der Waals surface area contributed by atoms with Crippen molar-refractivity contribution in [2.45, 2.75) is 0 Å². The highest BCUT2D eigenvalue weighted by molar-refractivity contribution is 5.83. The van der Waals surface area contributed by atoms with Crippen LogP contribution in [-0.4, -0.2) is 19.2 Å². The van der Waals surface area contributed by atoms with E-state index < -0.39 is 0 Å². The summed E-state index contributed by atoms with van der Waals surface area (Å²) in [7, 11) is 3.26. The van der Waals surface area contributed by atoms with E-state index in [0.717, 1.165) is 28.3 Å². The molecule has 1 aliphatic carbocycles. The van der Waals surface area contributed by atoms with Crippen LogP contribution in [0.15, 0.2) is 24.3 Å². The molecule has 5 radical (unpaired) electrons. The number of hydrogen-bond donors (Lipinski definition) is 0. The monoisotopic (exact) mass is 252 g/mol. The highest BCUT2D eigenvalue weighted by Crippen LogP contribution is 2.34. The molecule has 0 amide bonds. The Balaban J connectivity index is 2.06. The van der Waals surface area contributed by atoms with Gasteiger partial charge < -0.3 is 9.47 Å². The zero-order chi connectivity index (χ0) is 13.2. The first-order valence-corrected chi connectivity index (χ1v) is 6.06. The summed E-state index contributed by atoms with van der Waals surface area (Å²) < 4.78 is 10.6. The first kappa shape index (κ1) is 12.3. The summed E-state index contributed by atoms with van der Waals surface area (Å²) in [5.74, 6) is 2.54. The van der Waals surface area contributed by atoms with Crippen molar-refractivity contribution in [3.63, 3.8) is 0 Å². The van der Waals surface area contributed by atoms with E-state index in [1.54, 1.807) is 14.2 Å². The Morgan fingerprint density at radius 2 is 1.58 bits per heavy atom. The minimum absolute atomic E-state index is 0.696. The van der Waals surface area contributed by atoms with Gasteiger partial charge in [0, 0.05) is 23.1 Å². The van der Waals surface area contributed by atoms with E-state index in [-0.39, 0.29) is 0 Å². The number of aromatic nitrogens is 1. The first-order valence-electron chi connectivity index (χ1n) is 6.06. The third kappa shape index (κ3) is 2.25. The van der Waals surface area contributed by atoms with Gasteiger partial charge in [0.1, 0.15) is 0 Å². The number of hydrogen-bond acceptors (Lipinski definition) is 3. The van der Waals surface area contributed by atoms with Crippen LogP contribution >= 0.6 is 0 Å². The number of pyridine rings is 1. The predicted octanol–water partition coefficient (Wildman–Crippen LogP) is 3.01. The van der Waals surface area contributed by atoms with E-state index in [1.807, 2.05) is 37.1 Å². The number of benzene rings is 1. The van der Waals surface area contributed by atoms with Crippen molar-refractivity contribution in [1.29, 1.82) is 0 Å². The maximum Gasteiger partial charge on any atom is 0.162 e. The van der Waals surface area contributed by atoms with E-state index in [2.05, 4.69) is 17.8 Å². The van der Waals surface area contributed by atoms with Gasteiger partial charge in [-0.3, -0.25) is 4.98 Å². The molecule has 95 valence electrons. The van der Waals surface area contributed by atoms with E-state index in [0.29, 0.717) is 5.75 Å². The van der Waals surface area contributed by atoms with Crippen LogP contribution in [0.3, 0.4) is 0 Å². The summed E-state index contributed by atoms with van der Waals surface area (Å²) in [5, 5.41) is 1.04. The van der Waals surface area contributed by atoms with Gasteiger partial charge in [0.2, 0.25) is 0 Å². The summed E-state index contributed by atoms with van der Waals surface area (Å²) in [5.41, 5.74) is 1.86. The maximum absolute atomic E-state index is 5.31. The number of ether oxygens (including phenoxy) is 2. The molecular weight excluding hydrogens is 238 g/mol. The van der Waals surface area contributed by atoms with E-state index in [1.165, 1.54) is 0 Å². The second kappa shape index (κ2) is 5.08. The molecule has 2 aromatic rings. The average Bonchev–Trinajstić information content (AvgIpc) is 2.99. The van der Waals surface area contributed by atoms with Gasteiger partial charge in [-0.2, -0.15) is 0 Å². The Labute approximate surface area is 113 Å². The van der Waals surface area contributed by atoms with Crippen molar-refractivity contribution in [2.75, 3.05) is 14.2 Å². The fourth-order valence-electron chi connectivity index (χ4n) is 2.16. The summed E-state index contributed by atoms with van der Waals surface area (Å²) in [4.78, 5) is 4.67. The van der Waals surface area contributed by atoms with Crippen molar-refractivity contribution in [1.82, 2.24) is 4.98 Å². The summed E-state index contributed by atoms with van der Waals surface area (Å²) in [6.07, 6.45) is 8.12. The fraction of sp³-hybridized carbons (Fsp3) is 0.125. The molecule has 0 saturated heterocycles. The SMILES string of the molecule is COc1cc2ccc([C]3[CH][CH][CH][CH]3)nc2cc1OC. The molecule has 0 bridgehead atoms. The Morgan fingerprint density at radius 3 is 2.26 bits per heavy atom. The highest BCUT2D eigenvalue weighted by atomic mass is 16.5. The molecule has 0 unspecified atom stereocenters. The van der Waals surface area contributed by atoms with Crippen molar-refractivity contribution >= 4 is 10.9 Å². The Morgan fingerprint density at radius 1 is 0.895 bits per heavy atom. The maximum atomic E-state index is 5.31. The van der Waals surface area contributed by atoms with Crippen molar-refractivity contribution in [3.8, 4) is 11.5 Å². The van der Waals surface area contributed by atoms with Crippen LogP contribution in [-0.2, 0) is 0 Å². The molecule has 1 aliphatic rings. The fourth-order valence-corrected chi connectivity index (χ4v) is 2.16. The molecule has 3 nitrogen and oxygen atoms in total. The number of methoxy groups -OCH3 is 2. The predicted molar refractivity (Wildman–Crippen MR) is 74.4 cm³/mol.